The Morgan fingerprint density at radius 3 is 1.59 bits per heavy atom. The van der Waals surface area contributed by atoms with Gasteiger partial charge in [-0.1, -0.05) is 58.2 Å². The highest BCUT2D eigenvalue weighted by Gasteiger charge is 2.28. The molecule has 6 rings (SSSR count). The monoisotopic (exact) mass is 906 g/mol. The molecule has 66 heavy (non-hydrogen) atoms. The lowest BCUT2D eigenvalue weighted by Gasteiger charge is -2.21. The van der Waals surface area contributed by atoms with Crippen molar-refractivity contribution in [2.24, 2.45) is 14.1 Å². The number of hydrogen-bond donors (Lipinski definition) is 0. The van der Waals surface area contributed by atoms with E-state index in [1.165, 1.54) is 36.8 Å². The summed E-state index contributed by atoms with van der Waals surface area (Å²) in [6, 6.07) is 29.2. The van der Waals surface area contributed by atoms with Crippen molar-refractivity contribution in [2.45, 2.75) is 103 Å². The van der Waals surface area contributed by atoms with Gasteiger partial charge >= 0.3 is 5.97 Å². The van der Waals surface area contributed by atoms with Gasteiger partial charge in [0.25, 0.3) is 0 Å². The number of carbonyl (C=O) groups excluding carboxylic acids is 1. The summed E-state index contributed by atoms with van der Waals surface area (Å²) < 4.78 is 69.5. The molecule has 0 amide bonds. The number of esters is 1. The standard InChI is InChI=1S/C55H68F2N2O7/c1-8-11-13-17-39-19-25-46(52(31-39)61-6)50-33-41-21-23-43(35-48(41)58(50)4)65-37-45(63-29-15-27-55(56,57)28-16-30-64-54(60)10-3)38-66-44-24-22-42-34-51(59(5)49(42)36-44)47-26-20-40(18-14-12-9-2)32-53(47)62-7/h10,19-26,31-36,45H,3,8-9,11-18,27-30,37-38H2,1-2,4-7H3. The van der Waals surface area contributed by atoms with Crippen molar-refractivity contribution >= 4 is 27.8 Å². The van der Waals surface area contributed by atoms with Crippen LogP contribution in [0, 0.1) is 0 Å². The van der Waals surface area contributed by atoms with Crippen molar-refractivity contribution in [3.8, 4) is 45.5 Å². The van der Waals surface area contributed by atoms with Crippen LogP contribution in [-0.4, -0.2) is 67.8 Å². The quantitative estimate of drug-likeness (QED) is 0.0275. The van der Waals surface area contributed by atoms with Crippen LogP contribution in [0.1, 0.15) is 89.2 Å². The Labute approximate surface area is 389 Å². The van der Waals surface area contributed by atoms with Crippen molar-refractivity contribution < 1.29 is 42.0 Å². The minimum absolute atomic E-state index is 0.0512. The smallest absolute Gasteiger partial charge is 0.330 e. The Morgan fingerprint density at radius 1 is 0.652 bits per heavy atom. The summed E-state index contributed by atoms with van der Waals surface area (Å²) in [7, 11) is 7.50. The van der Waals surface area contributed by atoms with Gasteiger partial charge in [-0.05, 0) is 110 Å². The Balaban J connectivity index is 1.16. The molecule has 0 aliphatic rings. The first-order chi connectivity index (χ1) is 32.0. The fourth-order valence-corrected chi connectivity index (χ4v) is 8.47. The summed E-state index contributed by atoms with van der Waals surface area (Å²) in [5, 5.41) is 2.11. The number of methoxy groups -OCH3 is 2. The van der Waals surface area contributed by atoms with E-state index in [0.29, 0.717) is 11.5 Å². The number of aryl methyl sites for hydroxylation is 4. The maximum Gasteiger partial charge on any atom is 0.330 e. The van der Waals surface area contributed by atoms with Crippen LogP contribution in [0.5, 0.6) is 23.0 Å². The molecule has 0 bridgehead atoms. The van der Waals surface area contributed by atoms with E-state index in [9.17, 15) is 13.6 Å². The molecule has 6 aromatic rings. The number of carbonyl (C=O) groups is 1. The van der Waals surface area contributed by atoms with Crippen LogP contribution in [0.25, 0.3) is 44.3 Å². The summed E-state index contributed by atoms with van der Waals surface area (Å²) in [5.74, 6) is -0.579. The lowest BCUT2D eigenvalue weighted by atomic mass is 10.0. The van der Waals surface area contributed by atoms with Crippen molar-refractivity contribution in [1.82, 2.24) is 9.13 Å². The highest BCUT2D eigenvalue weighted by atomic mass is 19.3. The third kappa shape index (κ3) is 13.2. The van der Waals surface area contributed by atoms with Crippen molar-refractivity contribution in [3.05, 3.63) is 109 Å². The van der Waals surface area contributed by atoms with E-state index in [2.05, 4.69) is 78.1 Å². The number of nitrogens with zero attached hydrogens (tertiary/aromatic N) is 2. The number of fused-ring (bicyclic) bond motifs is 2. The molecule has 4 aromatic carbocycles. The minimum atomic E-state index is -2.93. The number of alkyl halides is 2. The topological polar surface area (TPSA) is 82.3 Å². The van der Waals surface area contributed by atoms with E-state index in [0.717, 1.165) is 87.6 Å². The molecule has 0 unspecified atom stereocenters. The Morgan fingerprint density at radius 2 is 1.14 bits per heavy atom. The molecule has 0 spiro atoms. The van der Waals surface area contributed by atoms with Crippen LogP contribution in [0.4, 0.5) is 8.78 Å². The second kappa shape index (κ2) is 24.1. The summed E-state index contributed by atoms with van der Waals surface area (Å²) >= 11 is 0. The summed E-state index contributed by atoms with van der Waals surface area (Å²) in [6.45, 7) is 8.02. The zero-order chi connectivity index (χ0) is 47.1. The molecule has 2 heterocycles. The molecule has 0 saturated carbocycles. The van der Waals surface area contributed by atoms with Crippen LogP contribution >= 0.6 is 0 Å². The Bertz CT molecular complexity index is 2370. The first-order valence-corrected chi connectivity index (χ1v) is 23.5. The average molecular weight is 907 g/mol. The molecule has 0 fully saturated rings. The Kier molecular flexibility index (Phi) is 18.1. The molecule has 0 aliphatic carbocycles. The van der Waals surface area contributed by atoms with E-state index in [1.54, 1.807) is 14.2 Å². The molecule has 0 N–H and O–H groups in total. The van der Waals surface area contributed by atoms with Gasteiger partial charge in [0.1, 0.15) is 42.3 Å². The van der Waals surface area contributed by atoms with Gasteiger partial charge in [-0.3, -0.25) is 0 Å². The van der Waals surface area contributed by atoms with Gasteiger partial charge in [-0.25, -0.2) is 13.6 Å². The number of unbranched alkanes of at least 4 members (excludes halogenated alkanes) is 4. The van der Waals surface area contributed by atoms with E-state index in [1.807, 2.05) is 50.5 Å². The fraction of sp³-hybridized carbons (Fsp3) is 0.436. The molecule has 9 nitrogen and oxygen atoms in total. The predicted octanol–water partition coefficient (Wildman–Crippen LogP) is 13.3. The molecular formula is C55H68F2N2O7. The molecule has 2 aromatic heterocycles. The van der Waals surface area contributed by atoms with Crippen LogP contribution in [0.15, 0.2) is 97.6 Å². The van der Waals surface area contributed by atoms with Crippen molar-refractivity contribution in [1.29, 1.82) is 0 Å². The van der Waals surface area contributed by atoms with Gasteiger partial charge in [-0.15, -0.1) is 0 Å². The number of hydrogen-bond acceptors (Lipinski definition) is 7. The number of halogens is 2. The van der Waals surface area contributed by atoms with E-state index < -0.39 is 24.4 Å². The number of ether oxygens (including phenoxy) is 6. The summed E-state index contributed by atoms with van der Waals surface area (Å²) in [6.07, 6.45) is 8.96. The summed E-state index contributed by atoms with van der Waals surface area (Å²) in [5.41, 5.74) is 8.60. The van der Waals surface area contributed by atoms with Gasteiger partial charge in [0.2, 0.25) is 5.92 Å². The van der Waals surface area contributed by atoms with Crippen LogP contribution in [0.2, 0.25) is 0 Å². The van der Waals surface area contributed by atoms with Crippen molar-refractivity contribution in [2.75, 3.05) is 40.6 Å². The number of rotatable bonds is 28. The Hall–Kier alpha value is -5.81. The first-order valence-electron chi connectivity index (χ1n) is 23.5. The van der Waals surface area contributed by atoms with Gasteiger partial charge in [0.05, 0.1) is 43.2 Å². The molecule has 0 aliphatic heterocycles. The first kappa shape index (κ1) is 49.6. The minimum Gasteiger partial charge on any atom is -0.496 e. The van der Waals surface area contributed by atoms with Gasteiger partial charge in [0.15, 0.2) is 0 Å². The third-order valence-electron chi connectivity index (χ3n) is 12.3. The average Bonchev–Trinajstić information content (AvgIpc) is 3.83. The number of aromatic nitrogens is 2. The van der Waals surface area contributed by atoms with Crippen molar-refractivity contribution in [3.63, 3.8) is 0 Å². The maximum atomic E-state index is 14.8. The fourth-order valence-electron chi connectivity index (χ4n) is 8.47. The lowest BCUT2D eigenvalue weighted by molar-refractivity contribution is -0.138. The lowest BCUT2D eigenvalue weighted by Crippen LogP contribution is -2.29. The second-order valence-electron chi connectivity index (χ2n) is 17.2. The second-order valence-corrected chi connectivity index (χ2v) is 17.2. The van der Waals surface area contributed by atoms with Crippen LogP contribution in [-0.2, 0) is 41.2 Å². The largest absolute Gasteiger partial charge is 0.496 e. The van der Waals surface area contributed by atoms with E-state index >= 15 is 0 Å². The maximum absolute atomic E-state index is 14.8. The molecule has 354 valence electrons. The van der Waals surface area contributed by atoms with Crippen LogP contribution < -0.4 is 18.9 Å². The van der Waals surface area contributed by atoms with E-state index in [4.69, 9.17) is 28.4 Å². The normalized spacial score (nSPS) is 11.7. The molecular weight excluding hydrogens is 839 g/mol. The highest BCUT2D eigenvalue weighted by molar-refractivity contribution is 5.90. The van der Waals surface area contributed by atoms with Gasteiger partial charge in [-0.2, -0.15) is 0 Å². The molecule has 0 atom stereocenters. The molecule has 11 heteroatoms. The zero-order valence-corrected chi connectivity index (χ0v) is 39.8. The zero-order valence-electron chi connectivity index (χ0n) is 39.8. The van der Waals surface area contributed by atoms with Crippen LogP contribution in [0.3, 0.4) is 0 Å². The summed E-state index contributed by atoms with van der Waals surface area (Å²) in [4.78, 5) is 11.3. The molecule has 0 radical (unpaired) electrons. The van der Waals surface area contributed by atoms with Gasteiger partial charge < -0.3 is 37.6 Å². The van der Waals surface area contributed by atoms with Gasteiger partial charge in [0, 0.05) is 73.7 Å². The molecule has 0 saturated heterocycles. The van der Waals surface area contributed by atoms with E-state index in [-0.39, 0.29) is 45.7 Å². The number of benzene rings is 4. The predicted molar refractivity (Wildman–Crippen MR) is 262 cm³/mol. The third-order valence-corrected chi connectivity index (χ3v) is 12.3. The highest BCUT2D eigenvalue weighted by Crippen LogP contribution is 2.38. The SMILES string of the molecule is C=CC(=O)OCCCC(F)(F)CCCOC(COc1ccc2cc(-c3ccc(CCCCC)cc3OC)n(C)c2c1)COc1ccc2cc(-c3ccc(CCCCC)cc3OC)n(C)c2c1.